The normalized spacial score (nSPS) is 10.4. The van der Waals surface area contributed by atoms with Gasteiger partial charge in [0.2, 0.25) is 0 Å². The van der Waals surface area contributed by atoms with E-state index < -0.39 is 0 Å². The van der Waals surface area contributed by atoms with Crippen LogP contribution in [0.3, 0.4) is 0 Å². The Morgan fingerprint density at radius 3 is 2.80 bits per heavy atom. The third kappa shape index (κ3) is 2.33. The number of carbonyl (C=O) groups is 1. The maximum atomic E-state index is 12.0. The molecule has 0 saturated carbocycles. The minimum atomic E-state index is -0.283. The van der Waals surface area contributed by atoms with Crippen molar-refractivity contribution >= 4 is 28.3 Å². The standard InChI is InChI=1S/C15H14N4O/c1-19-10-13(12-6-2-3-7-14(12)19)18-15(20)17-11-5-4-8-16-9-11/h2-10H,1H3,(H2,17,18,20). The lowest BCUT2D eigenvalue weighted by Crippen LogP contribution is -2.19. The van der Waals surface area contributed by atoms with Crippen LogP contribution in [0.1, 0.15) is 0 Å². The molecule has 0 bridgehead atoms. The van der Waals surface area contributed by atoms with Gasteiger partial charge >= 0.3 is 6.03 Å². The molecule has 0 radical (unpaired) electrons. The molecule has 3 aromatic rings. The Balaban J connectivity index is 1.81. The van der Waals surface area contributed by atoms with Crippen LogP contribution >= 0.6 is 0 Å². The second-order valence-corrected chi connectivity index (χ2v) is 4.49. The summed E-state index contributed by atoms with van der Waals surface area (Å²) < 4.78 is 1.98. The first kappa shape index (κ1) is 12.2. The summed E-state index contributed by atoms with van der Waals surface area (Å²) in [7, 11) is 1.95. The maximum Gasteiger partial charge on any atom is 0.323 e. The van der Waals surface area contributed by atoms with Gasteiger partial charge in [-0.05, 0) is 18.2 Å². The van der Waals surface area contributed by atoms with E-state index in [0.717, 1.165) is 16.6 Å². The van der Waals surface area contributed by atoms with Crippen LogP contribution in [-0.4, -0.2) is 15.6 Å². The Hall–Kier alpha value is -2.82. The van der Waals surface area contributed by atoms with Crippen LogP contribution in [0.15, 0.2) is 55.0 Å². The van der Waals surface area contributed by atoms with Crippen LogP contribution in [0, 0.1) is 0 Å². The largest absolute Gasteiger partial charge is 0.348 e. The third-order valence-electron chi connectivity index (χ3n) is 3.06. The maximum absolute atomic E-state index is 12.0. The number of hydrogen-bond donors (Lipinski definition) is 2. The molecule has 3 rings (SSSR count). The van der Waals surface area contributed by atoms with Crippen LogP contribution in [-0.2, 0) is 7.05 Å². The Morgan fingerprint density at radius 2 is 2.00 bits per heavy atom. The highest BCUT2D eigenvalue weighted by Crippen LogP contribution is 2.24. The van der Waals surface area contributed by atoms with Crippen molar-refractivity contribution in [3.63, 3.8) is 0 Å². The molecule has 2 amide bonds. The van der Waals surface area contributed by atoms with Gasteiger partial charge in [0.1, 0.15) is 0 Å². The van der Waals surface area contributed by atoms with Crippen molar-refractivity contribution in [2.45, 2.75) is 0 Å². The smallest absolute Gasteiger partial charge is 0.323 e. The lowest BCUT2D eigenvalue weighted by molar-refractivity contribution is 0.262. The van der Waals surface area contributed by atoms with Crippen molar-refractivity contribution in [1.29, 1.82) is 0 Å². The highest BCUT2D eigenvalue weighted by atomic mass is 16.2. The van der Waals surface area contributed by atoms with Crippen molar-refractivity contribution in [2.24, 2.45) is 7.05 Å². The zero-order valence-electron chi connectivity index (χ0n) is 11.0. The van der Waals surface area contributed by atoms with Gasteiger partial charge < -0.3 is 15.2 Å². The number of hydrogen-bond acceptors (Lipinski definition) is 2. The molecular weight excluding hydrogens is 252 g/mol. The van der Waals surface area contributed by atoms with E-state index in [1.165, 1.54) is 0 Å². The average Bonchev–Trinajstić information content (AvgIpc) is 2.77. The summed E-state index contributed by atoms with van der Waals surface area (Å²) in [6, 6.07) is 11.2. The van der Waals surface area contributed by atoms with Crippen molar-refractivity contribution in [2.75, 3.05) is 10.6 Å². The van der Waals surface area contributed by atoms with Gasteiger partial charge in [0.15, 0.2) is 0 Å². The Bertz CT molecular complexity index is 749. The van der Waals surface area contributed by atoms with E-state index in [1.807, 2.05) is 42.1 Å². The zero-order valence-corrected chi connectivity index (χ0v) is 11.0. The lowest BCUT2D eigenvalue weighted by atomic mass is 10.2. The summed E-state index contributed by atoms with van der Waals surface area (Å²) >= 11 is 0. The number of para-hydroxylation sites is 1. The minimum Gasteiger partial charge on any atom is -0.348 e. The molecule has 2 heterocycles. The van der Waals surface area contributed by atoms with Gasteiger partial charge in [-0.3, -0.25) is 4.98 Å². The van der Waals surface area contributed by atoms with Crippen molar-refractivity contribution in [1.82, 2.24) is 9.55 Å². The van der Waals surface area contributed by atoms with E-state index in [4.69, 9.17) is 0 Å². The van der Waals surface area contributed by atoms with Crippen molar-refractivity contribution < 1.29 is 4.79 Å². The van der Waals surface area contributed by atoms with E-state index >= 15 is 0 Å². The van der Waals surface area contributed by atoms with E-state index in [-0.39, 0.29) is 6.03 Å². The van der Waals surface area contributed by atoms with Crippen LogP contribution in [0.25, 0.3) is 10.9 Å². The number of nitrogens with one attached hydrogen (secondary N) is 2. The minimum absolute atomic E-state index is 0.283. The number of carbonyl (C=O) groups excluding carboxylic acids is 1. The summed E-state index contributed by atoms with van der Waals surface area (Å²) in [5.41, 5.74) is 2.51. The van der Waals surface area contributed by atoms with E-state index in [2.05, 4.69) is 15.6 Å². The molecule has 100 valence electrons. The number of rotatable bonds is 2. The summed E-state index contributed by atoms with van der Waals surface area (Å²) in [5.74, 6) is 0. The molecule has 0 atom stereocenters. The SMILES string of the molecule is Cn1cc(NC(=O)Nc2cccnc2)c2ccccc21. The number of anilines is 2. The first-order valence-electron chi connectivity index (χ1n) is 6.26. The van der Waals surface area contributed by atoms with Crippen molar-refractivity contribution in [3.8, 4) is 0 Å². The number of nitrogens with zero attached hydrogens (tertiary/aromatic N) is 2. The van der Waals surface area contributed by atoms with Gasteiger partial charge in [-0.15, -0.1) is 0 Å². The predicted octanol–water partition coefficient (Wildman–Crippen LogP) is 3.22. The molecule has 0 spiro atoms. The molecule has 5 heteroatoms. The van der Waals surface area contributed by atoms with Gasteiger partial charge in [0.25, 0.3) is 0 Å². The number of pyridine rings is 1. The Kier molecular flexibility index (Phi) is 3.09. The topological polar surface area (TPSA) is 59.0 Å². The second kappa shape index (κ2) is 5.05. The first-order valence-corrected chi connectivity index (χ1v) is 6.26. The molecule has 2 N–H and O–H groups in total. The van der Waals surface area contributed by atoms with Gasteiger partial charge in [-0.25, -0.2) is 4.79 Å². The van der Waals surface area contributed by atoms with Gasteiger partial charge in [0.05, 0.1) is 17.6 Å². The monoisotopic (exact) mass is 266 g/mol. The Labute approximate surface area is 116 Å². The molecule has 1 aromatic carbocycles. The molecule has 2 aromatic heterocycles. The number of aryl methyl sites for hydroxylation is 1. The predicted molar refractivity (Wildman–Crippen MR) is 79.8 cm³/mol. The van der Waals surface area contributed by atoms with Crippen LogP contribution in [0.4, 0.5) is 16.2 Å². The Morgan fingerprint density at radius 1 is 1.15 bits per heavy atom. The number of amides is 2. The van der Waals surface area contributed by atoms with Crippen LogP contribution < -0.4 is 10.6 Å². The molecule has 20 heavy (non-hydrogen) atoms. The van der Waals surface area contributed by atoms with Crippen LogP contribution in [0.5, 0.6) is 0 Å². The summed E-state index contributed by atoms with van der Waals surface area (Å²) in [6.45, 7) is 0. The fourth-order valence-corrected chi connectivity index (χ4v) is 2.16. The van der Waals surface area contributed by atoms with Gasteiger partial charge in [-0.2, -0.15) is 0 Å². The van der Waals surface area contributed by atoms with Gasteiger partial charge in [-0.1, -0.05) is 18.2 Å². The fraction of sp³-hybridized carbons (Fsp3) is 0.0667. The number of urea groups is 1. The van der Waals surface area contributed by atoms with Crippen molar-refractivity contribution in [3.05, 3.63) is 55.0 Å². The highest BCUT2D eigenvalue weighted by molar-refractivity contribution is 6.06. The number of fused-ring (bicyclic) bond motifs is 1. The molecule has 0 aliphatic heterocycles. The molecule has 0 fully saturated rings. The van der Waals surface area contributed by atoms with E-state index in [0.29, 0.717) is 5.69 Å². The second-order valence-electron chi connectivity index (χ2n) is 4.49. The summed E-state index contributed by atoms with van der Waals surface area (Å²) in [5, 5.41) is 6.61. The van der Waals surface area contributed by atoms with E-state index in [1.54, 1.807) is 24.5 Å². The summed E-state index contributed by atoms with van der Waals surface area (Å²) in [4.78, 5) is 15.9. The molecule has 0 saturated heterocycles. The molecular formula is C15H14N4O. The first-order chi connectivity index (χ1) is 9.74. The summed E-state index contributed by atoms with van der Waals surface area (Å²) in [6.07, 6.45) is 5.16. The zero-order chi connectivity index (χ0) is 13.9. The highest BCUT2D eigenvalue weighted by Gasteiger charge is 2.09. The number of aromatic nitrogens is 2. The van der Waals surface area contributed by atoms with Gasteiger partial charge in [0, 0.05) is 30.3 Å². The quantitative estimate of drug-likeness (QED) is 0.748. The number of benzene rings is 1. The fourth-order valence-electron chi connectivity index (χ4n) is 2.16. The molecule has 5 nitrogen and oxygen atoms in total. The molecule has 0 aliphatic rings. The van der Waals surface area contributed by atoms with E-state index in [9.17, 15) is 4.79 Å². The van der Waals surface area contributed by atoms with Crippen LogP contribution in [0.2, 0.25) is 0 Å². The molecule has 0 unspecified atom stereocenters. The lowest BCUT2D eigenvalue weighted by Gasteiger charge is -2.05. The average molecular weight is 266 g/mol. The third-order valence-corrected chi connectivity index (χ3v) is 3.06. The molecule has 0 aliphatic carbocycles.